The van der Waals surface area contributed by atoms with Gasteiger partial charge in [-0.25, -0.2) is 4.98 Å². The summed E-state index contributed by atoms with van der Waals surface area (Å²) in [6.45, 7) is 6.84. The zero-order chi connectivity index (χ0) is 29.1. The first-order chi connectivity index (χ1) is 20.4. The maximum Gasteiger partial charge on any atom is 0.257 e. The number of aromatic nitrogens is 3. The Labute approximate surface area is 244 Å². The van der Waals surface area contributed by atoms with Crippen molar-refractivity contribution in [1.82, 2.24) is 20.0 Å². The van der Waals surface area contributed by atoms with Crippen molar-refractivity contribution >= 4 is 5.91 Å². The number of hydrogen-bond acceptors (Lipinski definition) is 7. The van der Waals surface area contributed by atoms with Crippen LogP contribution in [0.4, 0.5) is 0 Å². The van der Waals surface area contributed by atoms with Crippen molar-refractivity contribution in [2.45, 2.75) is 45.8 Å². The summed E-state index contributed by atoms with van der Waals surface area (Å²) in [5.41, 5.74) is 4.56. The van der Waals surface area contributed by atoms with Gasteiger partial charge in [-0.05, 0) is 62.7 Å². The van der Waals surface area contributed by atoms with Crippen molar-refractivity contribution in [1.29, 1.82) is 0 Å². The van der Waals surface area contributed by atoms with Gasteiger partial charge in [0.1, 0.15) is 11.5 Å². The number of benzene rings is 3. The van der Waals surface area contributed by atoms with Gasteiger partial charge in [0.2, 0.25) is 11.8 Å². The molecule has 3 heterocycles. The zero-order valence-electron chi connectivity index (χ0n) is 23.9. The summed E-state index contributed by atoms with van der Waals surface area (Å²) < 4.78 is 17.6. The Balaban J connectivity index is 1.29. The number of amides is 1. The summed E-state index contributed by atoms with van der Waals surface area (Å²) in [6, 6.07) is 29.5. The number of hydrogen-bond donors (Lipinski definition) is 0. The topological polar surface area (TPSA) is 90.6 Å². The third-order valence-electron chi connectivity index (χ3n) is 7.15. The van der Waals surface area contributed by atoms with Crippen molar-refractivity contribution in [3.05, 3.63) is 108 Å². The van der Waals surface area contributed by atoms with Crippen LogP contribution in [0.25, 0.3) is 22.7 Å². The van der Waals surface area contributed by atoms with E-state index in [2.05, 4.69) is 22.3 Å². The van der Waals surface area contributed by atoms with E-state index in [9.17, 15) is 4.79 Å². The van der Waals surface area contributed by atoms with E-state index < -0.39 is 0 Å². The molecular formula is C34H32N4O4. The van der Waals surface area contributed by atoms with Gasteiger partial charge in [-0.15, -0.1) is 0 Å². The van der Waals surface area contributed by atoms with Gasteiger partial charge >= 0.3 is 0 Å². The van der Waals surface area contributed by atoms with Gasteiger partial charge in [0.25, 0.3) is 5.89 Å². The average Bonchev–Trinajstić information content (AvgIpc) is 3.59. The molecule has 1 fully saturated rings. The molecule has 42 heavy (non-hydrogen) atoms. The molecule has 8 heteroatoms. The maximum atomic E-state index is 13.1. The molecule has 5 aromatic rings. The van der Waals surface area contributed by atoms with Gasteiger partial charge in [0.05, 0.1) is 11.8 Å². The number of aryl methyl sites for hydroxylation is 1. The second kappa shape index (κ2) is 11.9. The van der Waals surface area contributed by atoms with Gasteiger partial charge < -0.3 is 18.9 Å². The quantitative estimate of drug-likeness (QED) is 0.188. The van der Waals surface area contributed by atoms with Crippen molar-refractivity contribution in [3.8, 4) is 40.1 Å². The number of carbonyl (C=O) groups excluding carboxylic acids is 1. The van der Waals surface area contributed by atoms with Crippen LogP contribution in [-0.4, -0.2) is 38.6 Å². The van der Waals surface area contributed by atoms with Crippen LogP contribution < -0.4 is 9.47 Å². The van der Waals surface area contributed by atoms with Crippen molar-refractivity contribution in [2.75, 3.05) is 6.54 Å². The highest BCUT2D eigenvalue weighted by molar-refractivity contribution is 5.80. The van der Waals surface area contributed by atoms with Crippen LogP contribution in [0.3, 0.4) is 0 Å². The molecule has 3 aromatic carbocycles. The van der Waals surface area contributed by atoms with Crippen LogP contribution >= 0.6 is 0 Å². The van der Waals surface area contributed by atoms with Crippen LogP contribution in [0.1, 0.15) is 43.1 Å². The number of ether oxygens (including phenoxy) is 2. The Kier molecular flexibility index (Phi) is 7.68. The van der Waals surface area contributed by atoms with Crippen molar-refractivity contribution < 1.29 is 18.8 Å². The Hall–Kier alpha value is -4.98. The Morgan fingerprint density at radius 2 is 1.71 bits per heavy atom. The van der Waals surface area contributed by atoms with Crippen LogP contribution in [-0.2, 0) is 11.3 Å². The molecule has 0 saturated carbocycles. The molecule has 1 unspecified atom stereocenters. The first-order valence-corrected chi connectivity index (χ1v) is 14.1. The maximum absolute atomic E-state index is 13.1. The summed E-state index contributed by atoms with van der Waals surface area (Å²) in [5.74, 6) is 3.21. The third kappa shape index (κ3) is 6.17. The van der Waals surface area contributed by atoms with Gasteiger partial charge in [0.15, 0.2) is 5.82 Å². The van der Waals surface area contributed by atoms with E-state index in [1.54, 1.807) is 6.92 Å². The summed E-state index contributed by atoms with van der Waals surface area (Å²) in [5, 5.41) is 3.87. The Morgan fingerprint density at radius 3 is 2.45 bits per heavy atom. The minimum Gasteiger partial charge on any atom is -0.475 e. The monoisotopic (exact) mass is 560 g/mol. The lowest BCUT2D eigenvalue weighted by Gasteiger charge is -2.20. The molecule has 0 radical (unpaired) electrons. The molecule has 6 rings (SSSR count). The molecule has 212 valence electrons. The van der Waals surface area contributed by atoms with Crippen LogP contribution in [0, 0.1) is 6.92 Å². The van der Waals surface area contributed by atoms with E-state index in [-0.39, 0.29) is 17.9 Å². The normalized spacial score (nSPS) is 14.9. The van der Waals surface area contributed by atoms with Gasteiger partial charge in [0, 0.05) is 48.2 Å². The predicted octanol–water partition coefficient (Wildman–Crippen LogP) is 7.20. The second-order valence-corrected chi connectivity index (χ2v) is 10.7. The molecule has 1 aliphatic rings. The van der Waals surface area contributed by atoms with Crippen molar-refractivity contribution in [2.24, 2.45) is 0 Å². The molecule has 8 nitrogen and oxygen atoms in total. The molecule has 2 aromatic heterocycles. The molecule has 0 aliphatic carbocycles. The summed E-state index contributed by atoms with van der Waals surface area (Å²) >= 11 is 0. The fourth-order valence-corrected chi connectivity index (χ4v) is 5.11. The highest BCUT2D eigenvalue weighted by Crippen LogP contribution is 2.35. The number of nitrogens with zero attached hydrogens (tertiary/aromatic N) is 4. The predicted molar refractivity (Wildman–Crippen MR) is 159 cm³/mol. The van der Waals surface area contributed by atoms with Crippen LogP contribution in [0.5, 0.6) is 17.4 Å². The van der Waals surface area contributed by atoms with E-state index in [1.165, 1.54) is 5.56 Å². The fraction of sp³-hybridized carbons (Fsp3) is 0.235. The van der Waals surface area contributed by atoms with Gasteiger partial charge in [-0.3, -0.25) is 4.79 Å². The SMILES string of the molecule is Cc1noc(-c2ccc(Oc3cc(-c4cccc(OC(C)C)n4)ccc3CN3CC(c4ccccc4)CC3=O)cc2)n1. The minimum atomic E-state index is 0.0192. The molecule has 0 bridgehead atoms. The fourth-order valence-electron chi connectivity index (χ4n) is 5.11. The van der Waals surface area contributed by atoms with E-state index in [0.717, 1.165) is 22.4 Å². The lowest BCUT2D eigenvalue weighted by atomic mass is 9.98. The summed E-state index contributed by atoms with van der Waals surface area (Å²) in [4.78, 5) is 24.0. The first kappa shape index (κ1) is 27.2. The second-order valence-electron chi connectivity index (χ2n) is 10.7. The molecule has 0 N–H and O–H groups in total. The highest BCUT2D eigenvalue weighted by Gasteiger charge is 2.31. The third-order valence-corrected chi connectivity index (χ3v) is 7.15. The van der Waals surface area contributed by atoms with E-state index in [1.807, 2.05) is 97.6 Å². The molecule has 0 spiro atoms. The average molecular weight is 561 g/mol. The van der Waals surface area contributed by atoms with Crippen LogP contribution in [0.15, 0.2) is 95.5 Å². The van der Waals surface area contributed by atoms with Crippen molar-refractivity contribution in [3.63, 3.8) is 0 Å². The summed E-state index contributed by atoms with van der Waals surface area (Å²) in [7, 11) is 0. The minimum absolute atomic E-state index is 0.0192. The molecule has 1 atom stereocenters. The first-order valence-electron chi connectivity index (χ1n) is 14.1. The number of likely N-dealkylation sites (tertiary alicyclic amines) is 1. The highest BCUT2D eigenvalue weighted by atomic mass is 16.5. The molecular weight excluding hydrogens is 528 g/mol. The van der Waals surface area contributed by atoms with E-state index in [0.29, 0.717) is 48.6 Å². The van der Waals surface area contributed by atoms with E-state index >= 15 is 0 Å². The Morgan fingerprint density at radius 1 is 0.929 bits per heavy atom. The number of carbonyl (C=O) groups is 1. The standard InChI is InChI=1S/C34H32N4O4/c1-22(2)40-32-11-7-10-30(36-32)26-12-13-27(20-38-21-28(19-33(38)39)24-8-5-4-6-9-24)31(18-26)41-29-16-14-25(15-17-29)34-35-23(3)37-42-34/h4-18,22,28H,19-21H2,1-3H3. The Bertz CT molecular complexity index is 1680. The lowest BCUT2D eigenvalue weighted by molar-refractivity contribution is -0.128. The van der Waals surface area contributed by atoms with Gasteiger partial charge in [-0.2, -0.15) is 4.98 Å². The van der Waals surface area contributed by atoms with E-state index in [4.69, 9.17) is 19.0 Å². The van der Waals surface area contributed by atoms with Gasteiger partial charge in [-0.1, -0.05) is 53.7 Å². The molecule has 1 amide bonds. The zero-order valence-corrected chi connectivity index (χ0v) is 23.9. The largest absolute Gasteiger partial charge is 0.475 e. The molecule has 1 aliphatic heterocycles. The smallest absolute Gasteiger partial charge is 0.257 e. The number of pyridine rings is 1. The van der Waals surface area contributed by atoms with Crippen LogP contribution in [0.2, 0.25) is 0 Å². The molecule has 1 saturated heterocycles. The number of rotatable bonds is 9. The summed E-state index contributed by atoms with van der Waals surface area (Å²) in [6.07, 6.45) is 0.521. The lowest BCUT2D eigenvalue weighted by Crippen LogP contribution is -2.24.